The van der Waals surface area contributed by atoms with Gasteiger partial charge in [-0.2, -0.15) is 0 Å². The number of nitrogens with one attached hydrogen (secondary N) is 1. The van der Waals surface area contributed by atoms with E-state index in [9.17, 15) is 9.90 Å². The summed E-state index contributed by atoms with van der Waals surface area (Å²) in [5, 5.41) is 10.9. The summed E-state index contributed by atoms with van der Waals surface area (Å²) in [4.78, 5) is 17.5. The molecule has 1 aliphatic rings. The van der Waals surface area contributed by atoms with E-state index in [1.165, 1.54) is 0 Å². The van der Waals surface area contributed by atoms with Crippen LogP contribution in [0.3, 0.4) is 0 Å². The van der Waals surface area contributed by atoms with E-state index >= 15 is 0 Å². The van der Waals surface area contributed by atoms with Gasteiger partial charge in [0.25, 0.3) is 0 Å². The van der Waals surface area contributed by atoms with E-state index in [0.29, 0.717) is 13.0 Å². The van der Waals surface area contributed by atoms with E-state index in [-0.39, 0.29) is 17.9 Å². The van der Waals surface area contributed by atoms with Crippen LogP contribution < -0.4 is 4.74 Å². The first-order chi connectivity index (χ1) is 11.1. The van der Waals surface area contributed by atoms with Gasteiger partial charge in [0.05, 0.1) is 19.6 Å². The molecule has 1 aromatic carbocycles. The third kappa shape index (κ3) is 3.20. The number of carbonyl (C=O) groups is 1. The highest BCUT2D eigenvalue weighted by molar-refractivity contribution is 5.93. The van der Waals surface area contributed by atoms with Crippen LogP contribution in [0.15, 0.2) is 24.4 Å². The van der Waals surface area contributed by atoms with Crippen molar-refractivity contribution in [2.75, 3.05) is 20.7 Å². The lowest BCUT2D eigenvalue weighted by Crippen LogP contribution is -2.35. The second kappa shape index (κ2) is 6.62. The standard InChI is InChI=1S/C18H24N2O3/c1-20(11-12-5-3-7-15(12)21)17(22)9-13-10-19-14-6-4-8-16(23-2)18(13)14/h4,6,8,10,12,15,19,21H,3,5,7,9,11H2,1-2H3. The highest BCUT2D eigenvalue weighted by Crippen LogP contribution is 2.29. The summed E-state index contributed by atoms with van der Waals surface area (Å²) in [6.07, 6.45) is 4.85. The predicted molar refractivity (Wildman–Crippen MR) is 89.5 cm³/mol. The van der Waals surface area contributed by atoms with Crippen LogP contribution in [-0.4, -0.2) is 47.7 Å². The third-order valence-electron chi connectivity index (χ3n) is 4.86. The molecular formula is C18H24N2O3. The Kier molecular flexibility index (Phi) is 4.57. The number of carbonyl (C=O) groups excluding carboxylic acids is 1. The Hall–Kier alpha value is -2.01. The van der Waals surface area contributed by atoms with Crippen molar-refractivity contribution >= 4 is 16.8 Å². The Morgan fingerprint density at radius 1 is 1.43 bits per heavy atom. The summed E-state index contributed by atoms with van der Waals surface area (Å²) in [7, 11) is 3.46. The first kappa shape index (κ1) is 15.9. The van der Waals surface area contributed by atoms with Crippen LogP contribution in [0.4, 0.5) is 0 Å². The van der Waals surface area contributed by atoms with E-state index < -0.39 is 0 Å². The second-order valence-corrected chi connectivity index (χ2v) is 6.41. The fraction of sp³-hybridized carbons (Fsp3) is 0.500. The SMILES string of the molecule is COc1cccc2[nH]cc(CC(=O)N(C)CC3CCCC3O)c12. The molecule has 1 amide bonds. The number of fused-ring (bicyclic) bond motifs is 1. The maximum Gasteiger partial charge on any atom is 0.226 e. The van der Waals surface area contributed by atoms with E-state index in [1.807, 2.05) is 31.4 Å². The molecule has 0 bridgehead atoms. The Bertz CT molecular complexity index is 695. The Balaban J connectivity index is 1.72. The highest BCUT2D eigenvalue weighted by atomic mass is 16.5. The van der Waals surface area contributed by atoms with Gasteiger partial charge in [-0.3, -0.25) is 4.79 Å². The fourth-order valence-corrected chi connectivity index (χ4v) is 3.51. The summed E-state index contributed by atoms with van der Waals surface area (Å²) in [5.74, 6) is 1.05. The molecular weight excluding hydrogens is 292 g/mol. The number of hydrogen-bond acceptors (Lipinski definition) is 3. The summed E-state index contributed by atoms with van der Waals surface area (Å²) < 4.78 is 5.41. The monoisotopic (exact) mass is 316 g/mol. The lowest BCUT2D eigenvalue weighted by atomic mass is 10.0. The van der Waals surface area contributed by atoms with Crippen molar-refractivity contribution in [3.05, 3.63) is 30.0 Å². The minimum atomic E-state index is -0.265. The Morgan fingerprint density at radius 2 is 2.26 bits per heavy atom. The van der Waals surface area contributed by atoms with Crippen LogP contribution in [0.2, 0.25) is 0 Å². The molecule has 1 aliphatic carbocycles. The molecule has 1 saturated carbocycles. The van der Waals surface area contributed by atoms with E-state index in [0.717, 1.165) is 41.5 Å². The molecule has 5 heteroatoms. The van der Waals surface area contributed by atoms with Crippen LogP contribution in [-0.2, 0) is 11.2 Å². The molecule has 1 heterocycles. The molecule has 2 atom stereocenters. The van der Waals surface area contributed by atoms with Crippen molar-refractivity contribution in [1.29, 1.82) is 0 Å². The maximum atomic E-state index is 12.5. The number of nitrogens with zero attached hydrogens (tertiary/aromatic N) is 1. The van der Waals surface area contributed by atoms with Gasteiger partial charge in [0.15, 0.2) is 0 Å². The van der Waals surface area contributed by atoms with Gasteiger partial charge in [-0.05, 0) is 30.5 Å². The van der Waals surface area contributed by atoms with Crippen molar-refractivity contribution in [3.63, 3.8) is 0 Å². The number of benzene rings is 1. The highest BCUT2D eigenvalue weighted by Gasteiger charge is 2.27. The van der Waals surface area contributed by atoms with Gasteiger partial charge in [0.2, 0.25) is 5.91 Å². The Morgan fingerprint density at radius 3 is 2.96 bits per heavy atom. The summed E-state index contributed by atoms with van der Waals surface area (Å²) in [5.41, 5.74) is 1.92. The first-order valence-electron chi connectivity index (χ1n) is 8.15. The van der Waals surface area contributed by atoms with Gasteiger partial charge in [0, 0.05) is 36.6 Å². The van der Waals surface area contributed by atoms with Gasteiger partial charge in [-0.15, -0.1) is 0 Å². The van der Waals surface area contributed by atoms with E-state index in [2.05, 4.69) is 4.98 Å². The maximum absolute atomic E-state index is 12.5. The predicted octanol–water partition coefficient (Wildman–Crippen LogP) is 2.34. The molecule has 5 nitrogen and oxygen atoms in total. The smallest absolute Gasteiger partial charge is 0.226 e. The van der Waals surface area contributed by atoms with Crippen LogP contribution in [0, 0.1) is 5.92 Å². The normalized spacial score (nSPS) is 20.8. The minimum Gasteiger partial charge on any atom is -0.496 e. The van der Waals surface area contributed by atoms with Gasteiger partial charge in [-0.1, -0.05) is 12.5 Å². The molecule has 2 unspecified atom stereocenters. The second-order valence-electron chi connectivity index (χ2n) is 6.41. The number of hydrogen-bond donors (Lipinski definition) is 2. The van der Waals surface area contributed by atoms with Crippen molar-refractivity contribution in [2.45, 2.75) is 31.8 Å². The number of aromatic nitrogens is 1. The van der Waals surface area contributed by atoms with E-state index in [4.69, 9.17) is 4.74 Å². The molecule has 2 aromatic rings. The summed E-state index contributed by atoms with van der Waals surface area (Å²) in [6.45, 7) is 0.624. The average molecular weight is 316 g/mol. The number of rotatable bonds is 5. The number of aliphatic hydroxyl groups excluding tert-OH is 1. The Labute approximate surface area is 136 Å². The minimum absolute atomic E-state index is 0.0657. The zero-order valence-electron chi connectivity index (χ0n) is 13.7. The fourth-order valence-electron chi connectivity index (χ4n) is 3.51. The van der Waals surface area contributed by atoms with Gasteiger partial charge < -0.3 is 19.7 Å². The van der Waals surface area contributed by atoms with Crippen LogP contribution in [0.1, 0.15) is 24.8 Å². The lowest BCUT2D eigenvalue weighted by Gasteiger charge is -2.23. The molecule has 124 valence electrons. The molecule has 23 heavy (non-hydrogen) atoms. The largest absolute Gasteiger partial charge is 0.496 e. The van der Waals surface area contributed by atoms with Crippen molar-refractivity contribution in [2.24, 2.45) is 5.92 Å². The molecule has 0 aliphatic heterocycles. The molecule has 3 rings (SSSR count). The topological polar surface area (TPSA) is 65.6 Å². The number of amides is 1. The first-order valence-corrected chi connectivity index (χ1v) is 8.15. The number of methoxy groups -OCH3 is 1. The zero-order valence-corrected chi connectivity index (χ0v) is 13.7. The van der Waals surface area contributed by atoms with Crippen LogP contribution in [0.25, 0.3) is 10.9 Å². The number of aliphatic hydroxyl groups is 1. The quantitative estimate of drug-likeness (QED) is 0.890. The van der Waals surface area contributed by atoms with Crippen molar-refractivity contribution in [1.82, 2.24) is 9.88 Å². The lowest BCUT2D eigenvalue weighted by molar-refractivity contribution is -0.130. The number of aromatic amines is 1. The van der Waals surface area contributed by atoms with E-state index in [1.54, 1.807) is 12.0 Å². The molecule has 1 aromatic heterocycles. The molecule has 0 radical (unpaired) electrons. The molecule has 1 fully saturated rings. The van der Waals surface area contributed by atoms with Crippen molar-refractivity contribution in [3.8, 4) is 5.75 Å². The van der Waals surface area contributed by atoms with Gasteiger partial charge in [0.1, 0.15) is 5.75 Å². The number of H-pyrrole nitrogens is 1. The van der Waals surface area contributed by atoms with Crippen LogP contribution in [0.5, 0.6) is 5.75 Å². The molecule has 0 spiro atoms. The summed E-state index contributed by atoms with van der Waals surface area (Å²) >= 11 is 0. The zero-order chi connectivity index (χ0) is 16.4. The summed E-state index contributed by atoms with van der Waals surface area (Å²) in [6, 6.07) is 5.81. The average Bonchev–Trinajstić information content (AvgIpc) is 3.14. The number of ether oxygens (including phenoxy) is 1. The number of likely N-dealkylation sites (N-methyl/N-ethyl adjacent to an activating group) is 1. The van der Waals surface area contributed by atoms with Crippen molar-refractivity contribution < 1.29 is 14.6 Å². The molecule has 2 N–H and O–H groups in total. The van der Waals surface area contributed by atoms with Gasteiger partial charge in [-0.25, -0.2) is 0 Å². The third-order valence-corrected chi connectivity index (χ3v) is 4.86. The van der Waals surface area contributed by atoms with Gasteiger partial charge >= 0.3 is 0 Å². The molecule has 0 saturated heterocycles. The van der Waals surface area contributed by atoms with Crippen LogP contribution >= 0.6 is 0 Å².